The van der Waals surface area contributed by atoms with E-state index in [4.69, 9.17) is 21.3 Å². The first-order chi connectivity index (χ1) is 19.4. The van der Waals surface area contributed by atoms with Crippen LogP contribution in [0.4, 0.5) is 0 Å². The Bertz CT molecular complexity index is 1440. The summed E-state index contributed by atoms with van der Waals surface area (Å²) in [6.07, 6.45) is 7.46. The number of ether oxygens (including phenoxy) is 1. The molecule has 3 nitrogen and oxygen atoms in total. The molecule has 0 saturated carbocycles. The number of rotatable bonds is 10. The number of nitrogens with zero attached hydrogens (tertiary/aromatic N) is 2. The smallest absolute Gasteiger partial charge is 0.217 e. The molecule has 0 aliphatic carbocycles. The third kappa shape index (κ3) is 6.40. The highest BCUT2D eigenvalue weighted by atomic mass is 79.9. The van der Waals surface area contributed by atoms with Crippen molar-refractivity contribution in [1.29, 1.82) is 0 Å². The van der Waals surface area contributed by atoms with Crippen LogP contribution in [0.25, 0.3) is 10.9 Å². The fourth-order valence-corrected chi connectivity index (χ4v) is 7.04. The van der Waals surface area contributed by atoms with Gasteiger partial charge in [0.05, 0.1) is 12.6 Å². The molecule has 0 spiro atoms. The van der Waals surface area contributed by atoms with Gasteiger partial charge in [0.1, 0.15) is 0 Å². The number of hydrogen-bond donors (Lipinski definition) is 0. The third-order valence-electron chi connectivity index (χ3n) is 8.73. The molecule has 1 fully saturated rings. The fraction of sp³-hybridized carbons (Fsp3) is 0.400. The summed E-state index contributed by atoms with van der Waals surface area (Å²) in [5, 5.41) is 1.89. The number of hydrogen-bond acceptors (Lipinski definition) is 3. The van der Waals surface area contributed by atoms with Crippen LogP contribution in [-0.4, -0.2) is 36.6 Å². The Balaban J connectivity index is 1.62. The monoisotopic (exact) mass is 618 g/mol. The van der Waals surface area contributed by atoms with Gasteiger partial charge in [0, 0.05) is 31.8 Å². The van der Waals surface area contributed by atoms with Crippen molar-refractivity contribution in [2.24, 2.45) is 0 Å². The summed E-state index contributed by atoms with van der Waals surface area (Å²) in [5.74, 6) is 0.703. The third-order valence-corrected chi connectivity index (χ3v) is 9.65. The van der Waals surface area contributed by atoms with Gasteiger partial charge < -0.3 is 9.64 Å². The molecule has 0 amide bonds. The first-order valence-electron chi connectivity index (χ1n) is 14.6. The number of piperidine rings is 1. The molecule has 1 aliphatic heterocycles. The number of pyridine rings is 1. The molecule has 4 aromatic rings. The number of aromatic nitrogens is 1. The van der Waals surface area contributed by atoms with Gasteiger partial charge in [-0.3, -0.25) is 0 Å². The van der Waals surface area contributed by atoms with Crippen molar-refractivity contribution >= 4 is 38.4 Å². The lowest BCUT2D eigenvalue weighted by Crippen LogP contribution is -2.33. The van der Waals surface area contributed by atoms with Crippen LogP contribution in [0, 0.1) is 6.92 Å². The number of methoxy groups -OCH3 is 1. The van der Waals surface area contributed by atoms with Crippen LogP contribution in [-0.2, 0) is 5.41 Å². The van der Waals surface area contributed by atoms with Crippen molar-refractivity contribution in [2.75, 3.05) is 26.7 Å². The molecule has 2 atom stereocenters. The van der Waals surface area contributed by atoms with Crippen molar-refractivity contribution in [3.8, 4) is 5.88 Å². The van der Waals surface area contributed by atoms with E-state index in [1.807, 2.05) is 18.2 Å². The quantitative estimate of drug-likeness (QED) is 0.165. The summed E-state index contributed by atoms with van der Waals surface area (Å²) in [7, 11) is 1.74. The second-order valence-corrected chi connectivity index (χ2v) is 12.8. The maximum Gasteiger partial charge on any atom is 0.217 e. The molecule has 0 N–H and O–H groups in total. The van der Waals surface area contributed by atoms with Crippen molar-refractivity contribution < 1.29 is 4.74 Å². The highest BCUT2D eigenvalue weighted by Gasteiger charge is 2.40. The van der Waals surface area contributed by atoms with Crippen molar-refractivity contribution in [2.45, 2.75) is 63.7 Å². The minimum absolute atomic E-state index is 0.0201. The largest absolute Gasteiger partial charge is 0.481 e. The number of halogens is 2. The van der Waals surface area contributed by atoms with E-state index in [-0.39, 0.29) is 11.3 Å². The van der Waals surface area contributed by atoms with Crippen LogP contribution in [0.3, 0.4) is 0 Å². The second-order valence-electron chi connectivity index (χ2n) is 11.5. The lowest BCUT2D eigenvalue weighted by atomic mass is 9.63. The van der Waals surface area contributed by atoms with Crippen LogP contribution in [0.5, 0.6) is 5.88 Å². The summed E-state index contributed by atoms with van der Waals surface area (Å²) in [4.78, 5) is 7.66. The van der Waals surface area contributed by atoms with E-state index in [0.717, 1.165) is 44.4 Å². The van der Waals surface area contributed by atoms with Crippen LogP contribution in [0.1, 0.15) is 73.6 Å². The summed E-state index contributed by atoms with van der Waals surface area (Å²) in [6.45, 7) is 8.21. The van der Waals surface area contributed by atoms with Gasteiger partial charge in [-0.1, -0.05) is 89.8 Å². The topological polar surface area (TPSA) is 25.4 Å². The Kier molecular flexibility index (Phi) is 9.50. The number of benzene rings is 3. The predicted octanol–water partition coefficient (Wildman–Crippen LogP) is 9.71. The van der Waals surface area contributed by atoms with E-state index >= 15 is 0 Å². The Morgan fingerprint density at radius 3 is 2.48 bits per heavy atom. The van der Waals surface area contributed by atoms with Crippen LogP contribution >= 0.6 is 27.5 Å². The molecule has 1 aliphatic rings. The van der Waals surface area contributed by atoms with Gasteiger partial charge in [0.2, 0.25) is 5.88 Å². The van der Waals surface area contributed by atoms with E-state index in [0.29, 0.717) is 5.88 Å². The summed E-state index contributed by atoms with van der Waals surface area (Å²) in [5.41, 5.74) is 5.49. The maximum atomic E-state index is 6.55. The Morgan fingerprint density at radius 2 is 1.75 bits per heavy atom. The molecule has 2 heterocycles. The molecule has 1 saturated heterocycles. The number of likely N-dealkylation sites (tertiary alicyclic amines) is 1. The average Bonchev–Trinajstić information content (AvgIpc) is 2.98. The van der Waals surface area contributed by atoms with Gasteiger partial charge in [0.25, 0.3) is 0 Å². The highest BCUT2D eigenvalue weighted by Crippen LogP contribution is 2.50. The van der Waals surface area contributed by atoms with Gasteiger partial charge in [0.15, 0.2) is 0 Å². The van der Waals surface area contributed by atoms with Crippen molar-refractivity contribution in [1.82, 2.24) is 9.88 Å². The standard InChI is InChI=1S/C35H40BrClN2O/c1-25-22-26(14-16-31(25)37)33(30-24-27-23-29(36)15-17-32(27)38-34(30)40-3)35(2,28-12-6-4-7-13-28)18-8-11-21-39-19-9-5-10-20-39/h4,6-7,12-17,22-24,33H,5,8-11,18-21H2,1-3H3. The zero-order chi connectivity index (χ0) is 28.1. The Morgan fingerprint density at radius 1 is 0.975 bits per heavy atom. The molecule has 2 unspecified atom stereocenters. The molecule has 210 valence electrons. The predicted molar refractivity (Wildman–Crippen MR) is 172 cm³/mol. The van der Waals surface area contributed by atoms with Crippen molar-refractivity contribution in [3.05, 3.63) is 105 Å². The second kappa shape index (κ2) is 13.1. The van der Waals surface area contributed by atoms with Gasteiger partial charge in [-0.15, -0.1) is 0 Å². The molecule has 3 aromatic carbocycles. The molecule has 1 aromatic heterocycles. The van der Waals surface area contributed by atoms with Crippen LogP contribution < -0.4 is 4.74 Å². The Labute approximate surface area is 253 Å². The van der Waals surface area contributed by atoms with E-state index in [1.165, 1.54) is 56.4 Å². The Hall–Kier alpha value is -2.40. The first kappa shape index (κ1) is 29.1. The average molecular weight is 620 g/mol. The minimum atomic E-state index is -0.196. The SMILES string of the molecule is COc1nc2ccc(Br)cc2cc1C(c1ccc(Cl)c(C)c1)C(C)(CCCCN1CCCCC1)c1ccccc1. The minimum Gasteiger partial charge on any atom is -0.481 e. The first-order valence-corrected chi connectivity index (χ1v) is 15.7. The highest BCUT2D eigenvalue weighted by molar-refractivity contribution is 9.10. The van der Waals surface area contributed by atoms with Crippen LogP contribution in [0.15, 0.2) is 77.3 Å². The van der Waals surface area contributed by atoms with Gasteiger partial charge in [-0.05, 0) is 99.3 Å². The van der Waals surface area contributed by atoms with E-state index in [9.17, 15) is 0 Å². The number of fused-ring (bicyclic) bond motifs is 1. The normalized spacial score (nSPS) is 16.5. The van der Waals surface area contributed by atoms with Gasteiger partial charge in [-0.25, -0.2) is 4.98 Å². The van der Waals surface area contributed by atoms with E-state index in [2.05, 4.69) is 89.3 Å². The van der Waals surface area contributed by atoms with E-state index in [1.54, 1.807) is 7.11 Å². The number of aryl methyl sites for hydroxylation is 1. The van der Waals surface area contributed by atoms with E-state index < -0.39 is 0 Å². The summed E-state index contributed by atoms with van der Waals surface area (Å²) in [6, 6.07) is 26.0. The lowest BCUT2D eigenvalue weighted by Gasteiger charge is -2.40. The van der Waals surface area contributed by atoms with Crippen molar-refractivity contribution in [3.63, 3.8) is 0 Å². The lowest BCUT2D eigenvalue weighted by molar-refractivity contribution is 0.220. The molecular formula is C35H40BrClN2O. The summed E-state index contributed by atoms with van der Waals surface area (Å²) >= 11 is 10.2. The maximum absolute atomic E-state index is 6.55. The van der Waals surface area contributed by atoms with Gasteiger partial charge >= 0.3 is 0 Å². The molecule has 0 bridgehead atoms. The zero-order valence-corrected chi connectivity index (χ0v) is 26.3. The molecule has 5 rings (SSSR count). The van der Waals surface area contributed by atoms with Gasteiger partial charge in [-0.2, -0.15) is 0 Å². The summed E-state index contributed by atoms with van der Waals surface area (Å²) < 4.78 is 7.06. The number of unbranched alkanes of at least 4 members (excludes halogenated alkanes) is 1. The zero-order valence-electron chi connectivity index (χ0n) is 23.9. The van der Waals surface area contributed by atoms with Crippen LogP contribution in [0.2, 0.25) is 5.02 Å². The molecule has 40 heavy (non-hydrogen) atoms. The molecular weight excluding hydrogens is 580 g/mol. The molecule has 5 heteroatoms. The molecule has 0 radical (unpaired) electrons. The fourth-order valence-electron chi connectivity index (χ4n) is 6.54.